The van der Waals surface area contributed by atoms with Crippen LogP contribution in [0.4, 0.5) is 5.69 Å². The second kappa shape index (κ2) is 8.47. The first-order chi connectivity index (χ1) is 11.9. The number of phenols is 1. The summed E-state index contributed by atoms with van der Waals surface area (Å²) in [6.45, 7) is 1.88. The quantitative estimate of drug-likeness (QED) is 0.287. The van der Waals surface area contributed by atoms with Gasteiger partial charge in [0, 0.05) is 5.69 Å². The molecule has 0 bridgehead atoms. The number of nitrogens with one attached hydrogen (secondary N) is 2. The fourth-order valence-corrected chi connectivity index (χ4v) is 2.58. The molecule has 2 aromatic carbocycles. The largest absolute Gasteiger partial charge is 0.504 e. The van der Waals surface area contributed by atoms with Crippen molar-refractivity contribution < 1.29 is 19.4 Å². The molecule has 0 atom stereocenters. The summed E-state index contributed by atoms with van der Waals surface area (Å²) < 4.78 is 5.61. The average Bonchev–Trinajstić information content (AvgIpc) is 2.57. The topological polar surface area (TPSA) is 100 Å². The van der Waals surface area contributed by atoms with Crippen molar-refractivity contribution in [3.63, 3.8) is 0 Å². The van der Waals surface area contributed by atoms with Gasteiger partial charge in [-0.05, 0) is 64.9 Å². The predicted molar refractivity (Wildman–Crippen MR) is 103 cm³/mol. The van der Waals surface area contributed by atoms with E-state index in [1.54, 1.807) is 30.3 Å². The third-order valence-electron chi connectivity index (χ3n) is 3.13. The highest BCUT2D eigenvalue weighted by Gasteiger charge is 2.13. The zero-order chi connectivity index (χ0) is 18.4. The first-order valence-electron chi connectivity index (χ1n) is 7.18. The normalized spacial score (nSPS) is 10.5. The highest BCUT2D eigenvalue weighted by atomic mass is 127. The molecule has 0 aliphatic carbocycles. The van der Waals surface area contributed by atoms with Crippen molar-refractivity contribution in [1.82, 2.24) is 5.43 Å². The molecule has 0 aliphatic rings. The molecule has 7 nitrogen and oxygen atoms in total. The highest BCUT2D eigenvalue weighted by Crippen LogP contribution is 2.31. The number of aryl methyl sites for hydroxylation is 1. The van der Waals surface area contributed by atoms with Gasteiger partial charge in [-0.15, -0.1) is 0 Å². The zero-order valence-electron chi connectivity index (χ0n) is 13.5. The van der Waals surface area contributed by atoms with Crippen molar-refractivity contribution in [3.8, 4) is 11.5 Å². The van der Waals surface area contributed by atoms with Gasteiger partial charge >= 0.3 is 11.8 Å². The number of hydrazone groups is 1. The maximum absolute atomic E-state index is 11.8. The van der Waals surface area contributed by atoms with Gasteiger partial charge in [-0.25, -0.2) is 5.43 Å². The lowest BCUT2D eigenvalue weighted by molar-refractivity contribution is -0.136. The molecule has 0 aliphatic heterocycles. The molecule has 0 unspecified atom stereocenters. The first-order valence-corrected chi connectivity index (χ1v) is 8.26. The van der Waals surface area contributed by atoms with Crippen molar-refractivity contribution in [1.29, 1.82) is 0 Å². The van der Waals surface area contributed by atoms with E-state index in [2.05, 4.69) is 15.8 Å². The Morgan fingerprint density at radius 1 is 1.24 bits per heavy atom. The number of nitrogens with zero attached hydrogens (tertiary/aromatic N) is 1. The number of hydrogen-bond acceptors (Lipinski definition) is 5. The van der Waals surface area contributed by atoms with Gasteiger partial charge in [-0.1, -0.05) is 12.1 Å². The van der Waals surface area contributed by atoms with Crippen molar-refractivity contribution in [2.45, 2.75) is 6.92 Å². The Labute approximate surface area is 158 Å². The van der Waals surface area contributed by atoms with Crippen LogP contribution in [0, 0.1) is 10.5 Å². The smallest absolute Gasteiger partial charge is 0.329 e. The van der Waals surface area contributed by atoms with E-state index in [0.717, 1.165) is 5.56 Å². The van der Waals surface area contributed by atoms with Gasteiger partial charge in [0.15, 0.2) is 11.5 Å². The number of methoxy groups -OCH3 is 1. The van der Waals surface area contributed by atoms with Gasteiger partial charge in [-0.3, -0.25) is 9.59 Å². The Bertz CT molecular complexity index is 837. The van der Waals surface area contributed by atoms with E-state index in [1.807, 2.05) is 35.6 Å². The predicted octanol–water partition coefficient (Wildman–Crippen LogP) is 2.40. The Balaban J connectivity index is 1.98. The van der Waals surface area contributed by atoms with Crippen LogP contribution in [0.2, 0.25) is 0 Å². The number of carbonyl (C=O) groups excluding carboxylic acids is 2. The van der Waals surface area contributed by atoms with Crippen LogP contribution in [0.5, 0.6) is 11.5 Å². The van der Waals surface area contributed by atoms with Gasteiger partial charge in [0.05, 0.1) is 16.9 Å². The molecule has 2 amide bonds. The SMILES string of the molecule is COc1cc(/C=N\NC(=O)C(=O)Nc2cccc(C)c2)cc(I)c1O. The monoisotopic (exact) mass is 453 g/mol. The molecule has 0 saturated heterocycles. The van der Waals surface area contributed by atoms with E-state index >= 15 is 0 Å². The molecule has 0 fully saturated rings. The minimum Gasteiger partial charge on any atom is -0.504 e. The summed E-state index contributed by atoms with van der Waals surface area (Å²) in [5, 5.41) is 16.0. The lowest BCUT2D eigenvalue weighted by atomic mass is 10.2. The molecule has 2 aromatic rings. The minimum absolute atomic E-state index is 0.0295. The summed E-state index contributed by atoms with van der Waals surface area (Å²) in [7, 11) is 1.43. The van der Waals surface area contributed by atoms with Crippen LogP contribution in [-0.4, -0.2) is 30.2 Å². The van der Waals surface area contributed by atoms with Crippen LogP contribution >= 0.6 is 22.6 Å². The molecule has 8 heteroatoms. The van der Waals surface area contributed by atoms with Crippen LogP contribution in [0.25, 0.3) is 0 Å². The number of amides is 2. The molecule has 0 aromatic heterocycles. The number of phenolic OH excluding ortho intramolecular Hbond substituents is 1. The van der Waals surface area contributed by atoms with E-state index in [-0.39, 0.29) is 11.5 Å². The molecule has 0 radical (unpaired) electrons. The van der Waals surface area contributed by atoms with Crippen LogP contribution < -0.4 is 15.5 Å². The summed E-state index contributed by atoms with van der Waals surface area (Å²) in [5.74, 6) is -1.39. The average molecular weight is 453 g/mol. The van der Waals surface area contributed by atoms with Gasteiger partial charge in [0.25, 0.3) is 0 Å². The number of hydrogen-bond donors (Lipinski definition) is 3. The fourth-order valence-electron chi connectivity index (χ4n) is 1.95. The number of rotatable bonds is 4. The zero-order valence-corrected chi connectivity index (χ0v) is 15.7. The van der Waals surface area contributed by atoms with Crippen molar-refractivity contribution in [3.05, 3.63) is 51.1 Å². The molecule has 0 heterocycles. The minimum atomic E-state index is -0.891. The highest BCUT2D eigenvalue weighted by molar-refractivity contribution is 14.1. The molecule has 0 spiro atoms. The van der Waals surface area contributed by atoms with E-state index in [9.17, 15) is 14.7 Å². The molecule has 0 saturated carbocycles. The lowest BCUT2D eigenvalue weighted by Crippen LogP contribution is -2.32. The van der Waals surface area contributed by atoms with E-state index in [1.165, 1.54) is 13.3 Å². The summed E-state index contributed by atoms with van der Waals surface area (Å²) in [6.07, 6.45) is 1.35. The summed E-state index contributed by atoms with van der Waals surface area (Å²) in [5.41, 5.74) is 4.24. The van der Waals surface area contributed by atoms with Crippen molar-refractivity contribution in [2.24, 2.45) is 5.10 Å². The number of halogens is 1. The van der Waals surface area contributed by atoms with Gasteiger partial charge in [-0.2, -0.15) is 5.10 Å². The fraction of sp³-hybridized carbons (Fsp3) is 0.118. The number of anilines is 1. The lowest BCUT2D eigenvalue weighted by Gasteiger charge is -2.06. The Hall–Kier alpha value is -2.62. The molecule has 25 heavy (non-hydrogen) atoms. The Kier molecular flexibility index (Phi) is 6.34. The van der Waals surface area contributed by atoms with Crippen molar-refractivity contribution >= 4 is 46.3 Å². The maximum atomic E-state index is 11.8. The molecule has 3 N–H and O–H groups in total. The van der Waals surface area contributed by atoms with Crippen LogP contribution in [0.1, 0.15) is 11.1 Å². The molecular formula is C17H16IN3O4. The second-order valence-electron chi connectivity index (χ2n) is 5.08. The standard InChI is InChI=1S/C17H16IN3O4/c1-10-4-3-5-12(6-10)20-16(23)17(24)21-19-9-11-7-13(18)15(22)14(8-11)25-2/h3-9,22H,1-2H3,(H,20,23)(H,21,24)/b19-9-. The van der Waals surface area contributed by atoms with Crippen LogP contribution in [0.15, 0.2) is 41.5 Å². The third-order valence-corrected chi connectivity index (χ3v) is 3.95. The maximum Gasteiger partial charge on any atom is 0.329 e. The summed E-state index contributed by atoms with van der Waals surface area (Å²) >= 11 is 1.95. The van der Waals surface area contributed by atoms with Gasteiger partial charge in [0.1, 0.15) is 0 Å². The molecule has 130 valence electrons. The van der Waals surface area contributed by atoms with Crippen molar-refractivity contribution in [2.75, 3.05) is 12.4 Å². The third kappa shape index (κ3) is 5.18. The van der Waals surface area contributed by atoms with Crippen LogP contribution in [0.3, 0.4) is 0 Å². The Morgan fingerprint density at radius 2 is 2.00 bits per heavy atom. The first kappa shape index (κ1) is 18.7. The number of benzene rings is 2. The number of aromatic hydroxyl groups is 1. The molecular weight excluding hydrogens is 437 g/mol. The number of carbonyl (C=O) groups is 2. The second-order valence-corrected chi connectivity index (χ2v) is 6.24. The van der Waals surface area contributed by atoms with Crippen LogP contribution in [-0.2, 0) is 9.59 Å². The van der Waals surface area contributed by atoms with Gasteiger partial charge in [0.2, 0.25) is 0 Å². The van der Waals surface area contributed by atoms with E-state index < -0.39 is 11.8 Å². The Morgan fingerprint density at radius 3 is 2.68 bits per heavy atom. The molecule has 2 rings (SSSR count). The number of ether oxygens (including phenoxy) is 1. The van der Waals surface area contributed by atoms with E-state index in [0.29, 0.717) is 14.8 Å². The van der Waals surface area contributed by atoms with E-state index in [4.69, 9.17) is 4.74 Å². The van der Waals surface area contributed by atoms with Gasteiger partial charge < -0.3 is 15.2 Å². The summed E-state index contributed by atoms with van der Waals surface area (Å²) in [6, 6.07) is 10.3. The summed E-state index contributed by atoms with van der Waals surface area (Å²) in [4.78, 5) is 23.6.